The fraction of sp³-hybridized carbons (Fsp3) is 0.615. The summed E-state index contributed by atoms with van der Waals surface area (Å²) in [4.78, 5) is 13.9. The molecule has 0 aliphatic carbocycles. The summed E-state index contributed by atoms with van der Waals surface area (Å²) in [6, 6.07) is 1.89. The van der Waals surface area contributed by atoms with Crippen molar-refractivity contribution in [1.82, 2.24) is 10.2 Å². The van der Waals surface area contributed by atoms with Gasteiger partial charge in [0.05, 0.1) is 0 Å². The van der Waals surface area contributed by atoms with Crippen LogP contribution in [0, 0.1) is 0 Å². The van der Waals surface area contributed by atoms with Crippen molar-refractivity contribution in [3.8, 4) is 0 Å². The molecule has 0 amide bonds. The summed E-state index contributed by atoms with van der Waals surface area (Å²) in [7, 11) is 0. The zero-order valence-corrected chi connectivity index (χ0v) is 11.3. The molecule has 1 saturated heterocycles. The maximum atomic E-state index is 10.9. The molecular formula is C13H20N2O2S. The summed E-state index contributed by atoms with van der Waals surface area (Å²) in [5.74, 6) is -0.820. The van der Waals surface area contributed by atoms with Crippen LogP contribution in [0.1, 0.15) is 34.5 Å². The molecule has 5 heteroatoms. The van der Waals surface area contributed by atoms with Crippen LogP contribution in [0.15, 0.2) is 11.4 Å². The van der Waals surface area contributed by atoms with Crippen molar-refractivity contribution in [3.63, 3.8) is 0 Å². The van der Waals surface area contributed by atoms with Crippen molar-refractivity contribution in [3.05, 3.63) is 21.9 Å². The number of carboxylic acids is 1. The lowest BCUT2D eigenvalue weighted by molar-refractivity contribution is 0.0701. The van der Waals surface area contributed by atoms with Crippen LogP contribution in [0.4, 0.5) is 0 Å². The molecule has 0 atom stereocenters. The molecule has 0 saturated carbocycles. The second-order valence-corrected chi connectivity index (χ2v) is 5.58. The zero-order valence-electron chi connectivity index (χ0n) is 10.5. The maximum Gasteiger partial charge on any atom is 0.346 e. The van der Waals surface area contributed by atoms with E-state index < -0.39 is 5.97 Å². The number of carbonyl (C=O) groups is 1. The minimum absolute atomic E-state index is 0.460. The van der Waals surface area contributed by atoms with Gasteiger partial charge in [-0.1, -0.05) is 0 Å². The predicted octanol–water partition coefficient (Wildman–Crippen LogP) is 2.02. The molecule has 1 aromatic rings. The molecular weight excluding hydrogens is 248 g/mol. The summed E-state index contributed by atoms with van der Waals surface area (Å²) in [6.45, 7) is 5.25. The topological polar surface area (TPSA) is 52.6 Å². The Morgan fingerprint density at radius 3 is 2.94 bits per heavy atom. The number of nitrogens with zero attached hydrogens (tertiary/aromatic N) is 1. The second kappa shape index (κ2) is 6.87. The third kappa shape index (κ3) is 3.80. The van der Waals surface area contributed by atoms with E-state index in [9.17, 15) is 4.79 Å². The highest BCUT2D eigenvalue weighted by atomic mass is 32.1. The molecule has 2 heterocycles. The Hall–Kier alpha value is -0.910. The largest absolute Gasteiger partial charge is 0.477 e. The predicted molar refractivity (Wildman–Crippen MR) is 73.3 cm³/mol. The molecule has 4 nitrogen and oxygen atoms in total. The Morgan fingerprint density at radius 2 is 2.22 bits per heavy atom. The zero-order chi connectivity index (χ0) is 12.8. The van der Waals surface area contributed by atoms with E-state index >= 15 is 0 Å². The minimum atomic E-state index is -0.820. The number of hydrogen-bond donors (Lipinski definition) is 2. The fourth-order valence-electron chi connectivity index (χ4n) is 2.32. The van der Waals surface area contributed by atoms with Crippen LogP contribution in [-0.2, 0) is 6.54 Å². The van der Waals surface area contributed by atoms with E-state index in [0.717, 1.165) is 25.1 Å². The first-order valence-electron chi connectivity index (χ1n) is 6.50. The Bertz CT molecular complexity index is 386. The molecule has 100 valence electrons. The quantitative estimate of drug-likeness (QED) is 0.743. The van der Waals surface area contributed by atoms with E-state index in [2.05, 4.69) is 10.2 Å². The average molecular weight is 268 g/mol. The molecule has 1 aliphatic rings. The summed E-state index contributed by atoms with van der Waals surface area (Å²) < 4.78 is 0. The number of carboxylic acid groups (broad SMARTS) is 1. The second-order valence-electron chi connectivity index (χ2n) is 4.66. The molecule has 2 rings (SSSR count). The summed E-state index contributed by atoms with van der Waals surface area (Å²) in [6.07, 6.45) is 3.81. The number of likely N-dealkylation sites (tertiary alicyclic amines) is 1. The van der Waals surface area contributed by atoms with E-state index in [0.29, 0.717) is 11.4 Å². The Kier molecular flexibility index (Phi) is 5.16. The number of thiophene rings is 1. The van der Waals surface area contributed by atoms with Crippen molar-refractivity contribution < 1.29 is 9.90 Å². The van der Waals surface area contributed by atoms with Crippen LogP contribution >= 0.6 is 11.3 Å². The van der Waals surface area contributed by atoms with Gasteiger partial charge in [-0.3, -0.25) is 0 Å². The van der Waals surface area contributed by atoms with Crippen LogP contribution in [0.2, 0.25) is 0 Å². The van der Waals surface area contributed by atoms with Crippen LogP contribution < -0.4 is 5.32 Å². The summed E-state index contributed by atoms with van der Waals surface area (Å²) in [5.41, 5.74) is 0.897. The van der Waals surface area contributed by atoms with Crippen molar-refractivity contribution in [2.24, 2.45) is 0 Å². The first-order chi connectivity index (χ1) is 8.77. The van der Waals surface area contributed by atoms with E-state index in [1.165, 1.54) is 37.3 Å². The van der Waals surface area contributed by atoms with Gasteiger partial charge in [0, 0.05) is 6.54 Å². The van der Waals surface area contributed by atoms with Crippen LogP contribution in [-0.4, -0.2) is 42.2 Å². The lowest BCUT2D eigenvalue weighted by Crippen LogP contribution is -2.24. The fourth-order valence-corrected chi connectivity index (χ4v) is 3.08. The van der Waals surface area contributed by atoms with Gasteiger partial charge in [0.25, 0.3) is 0 Å². The average Bonchev–Trinajstić information content (AvgIpc) is 2.98. The van der Waals surface area contributed by atoms with E-state index in [1.54, 1.807) is 0 Å². The molecule has 0 bridgehead atoms. The highest BCUT2D eigenvalue weighted by molar-refractivity contribution is 7.12. The third-order valence-corrected chi connectivity index (χ3v) is 4.23. The van der Waals surface area contributed by atoms with Gasteiger partial charge in [0.1, 0.15) is 4.88 Å². The highest BCUT2D eigenvalue weighted by Crippen LogP contribution is 2.16. The molecule has 18 heavy (non-hydrogen) atoms. The van der Waals surface area contributed by atoms with E-state index in [-0.39, 0.29) is 0 Å². The van der Waals surface area contributed by atoms with Gasteiger partial charge in [0.2, 0.25) is 0 Å². The van der Waals surface area contributed by atoms with Gasteiger partial charge in [-0.05, 0) is 62.5 Å². The van der Waals surface area contributed by atoms with Gasteiger partial charge in [-0.15, -0.1) is 11.3 Å². The van der Waals surface area contributed by atoms with Crippen molar-refractivity contribution in [2.75, 3.05) is 26.2 Å². The minimum Gasteiger partial charge on any atom is -0.477 e. The smallest absolute Gasteiger partial charge is 0.346 e. The highest BCUT2D eigenvalue weighted by Gasteiger charge is 2.12. The van der Waals surface area contributed by atoms with Gasteiger partial charge in [-0.2, -0.15) is 0 Å². The molecule has 0 spiro atoms. The van der Waals surface area contributed by atoms with E-state index in [1.807, 2.05) is 11.4 Å². The molecule has 0 unspecified atom stereocenters. The number of aromatic carboxylic acids is 1. The van der Waals surface area contributed by atoms with Gasteiger partial charge in [0.15, 0.2) is 0 Å². The van der Waals surface area contributed by atoms with Crippen LogP contribution in [0.5, 0.6) is 0 Å². The molecule has 0 aromatic carbocycles. The lowest BCUT2D eigenvalue weighted by atomic mass is 10.2. The van der Waals surface area contributed by atoms with Crippen molar-refractivity contribution >= 4 is 17.3 Å². The monoisotopic (exact) mass is 268 g/mol. The molecule has 1 aliphatic heterocycles. The van der Waals surface area contributed by atoms with Crippen molar-refractivity contribution in [2.45, 2.75) is 25.8 Å². The first kappa shape index (κ1) is 13.5. The third-order valence-electron chi connectivity index (χ3n) is 3.28. The van der Waals surface area contributed by atoms with Gasteiger partial charge in [-0.25, -0.2) is 4.79 Å². The first-order valence-corrected chi connectivity index (χ1v) is 7.38. The molecule has 2 N–H and O–H groups in total. The van der Waals surface area contributed by atoms with Crippen LogP contribution in [0.3, 0.4) is 0 Å². The Morgan fingerprint density at radius 1 is 1.44 bits per heavy atom. The SMILES string of the molecule is O=C(O)c1sccc1CNCCCN1CCCC1. The Balaban J connectivity index is 1.62. The molecule has 1 fully saturated rings. The van der Waals surface area contributed by atoms with Gasteiger partial charge >= 0.3 is 5.97 Å². The van der Waals surface area contributed by atoms with Gasteiger partial charge < -0.3 is 15.3 Å². The number of nitrogens with one attached hydrogen (secondary N) is 1. The summed E-state index contributed by atoms with van der Waals surface area (Å²) in [5, 5.41) is 14.1. The molecule has 1 aromatic heterocycles. The standard InChI is InChI=1S/C13H20N2O2S/c16-13(17)12-11(4-9-18-12)10-14-5-3-8-15-6-1-2-7-15/h4,9,14H,1-3,5-8,10H2,(H,16,17). The maximum absolute atomic E-state index is 10.9. The normalized spacial score (nSPS) is 16.2. The summed E-state index contributed by atoms with van der Waals surface area (Å²) >= 11 is 1.29. The van der Waals surface area contributed by atoms with E-state index in [4.69, 9.17) is 5.11 Å². The number of hydrogen-bond acceptors (Lipinski definition) is 4. The lowest BCUT2D eigenvalue weighted by Gasteiger charge is -2.14. The molecule has 0 radical (unpaired) electrons. The van der Waals surface area contributed by atoms with Crippen LogP contribution in [0.25, 0.3) is 0 Å². The Labute approximate surface area is 112 Å². The number of rotatable bonds is 7. The van der Waals surface area contributed by atoms with Crippen molar-refractivity contribution in [1.29, 1.82) is 0 Å².